The second-order valence-electron chi connectivity index (χ2n) is 5.32. The molecule has 23 heavy (non-hydrogen) atoms. The summed E-state index contributed by atoms with van der Waals surface area (Å²) in [7, 11) is 1.68. The molecule has 0 atom stereocenters. The molecule has 0 fully saturated rings. The third-order valence-electron chi connectivity index (χ3n) is 3.80. The minimum absolute atomic E-state index is 0.0782. The highest BCUT2D eigenvalue weighted by Gasteiger charge is 2.34. The van der Waals surface area contributed by atoms with E-state index in [0.29, 0.717) is 16.9 Å². The molecule has 0 bridgehead atoms. The first-order valence-corrected chi connectivity index (χ1v) is 7.16. The third kappa shape index (κ3) is 2.74. The van der Waals surface area contributed by atoms with E-state index in [0.717, 1.165) is 17.0 Å². The second-order valence-corrected chi connectivity index (χ2v) is 5.32. The summed E-state index contributed by atoms with van der Waals surface area (Å²) in [6.45, 7) is 1.90. The van der Waals surface area contributed by atoms with Gasteiger partial charge in [-0.3, -0.25) is 0 Å². The predicted molar refractivity (Wildman–Crippen MR) is 86.5 cm³/mol. The number of aromatic nitrogens is 1. The van der Waals surface area contributed by atoms with E-state index >= 15 is 0 Å². The molecule has 0 aliphatic rings. The van der Waals surface area contributed by atoms with Crippen molar-refractivity contribution in [2.24, 2.45) is 0 Å². The number of benzene rings is 2. The minimum Gasteiger partial charge on any atom is -0.386 e. The van der Waals surface area contributed by atoms with Gasteiger partial charge in [0.05, 0.1) is 22.5 Å². The Bertz CT molecular complexity index is 870. The summed E-state index contributed by atoms with van der Waals surface area (Å²) in [4.78, 5) is 4.53. The van der Waals surface area contributed by atoms with E-state index in [1.54, 1.807) is 13.1 Å². The van der Waals surface area contributed by atoms with Crippen LogP contribution in [0.1, 0.15) is 11.1 Å². The van der Waals surface area contributed by atoms with Crippen molar-refractivity contribution in [3.63, 3.8) is 0 Å². The molecule has 0 spiro atoms. The molecular formula is C18H15F3N2. The monoisotopic (exact) mass is 316 g/mol. The molecule has 2 nitrogen and oxygen atoms in total. The fraction of sp³-hybridized carbons (Fsp3) is 0.167. The van der Waals surface area contributed by atoms with Gasteiger partial charge in [-0.05, 0) is 24.6 Å². The number of halogens is 3. The number of nitrogens with zero attached hydrogens (tertiary/aromatic N) is 1. The number of hydrogen-bond acceptors (Lipinski definition) is 2. The van der Waals surface area contributed by atoms with Crippen molar-refractivity contribution >= 4 is 16.6 Å². The molecule has 1 N–H and O–H groups in total. The number of nitrogens with one attached hydrogen (secondary N) is 1. The topological polar surface area (TPSA) is 24.9 Å². The Balaban J connectivity index is 2.34. The highest BCUT2D eigenvalue weighted by Crippen LogP contribution is 2.39. The van der Waals surface area contributed by atoms with Crippen LogP contribution in [-0.4, -0.2) is 12.0 Å². The average Bonchev–Trinajstić information content (AvgIpc) is 2.53. The molecule has 0 aliphatic heterocycles. The third-order valence-corrected chi connectivity index (χ3v) is 3.80. The molecule has 0 aliphatic carbocycles. The molecule has 5 heteroatoms. The summed E-state index contributed by atoms with van der Waals surface area (Å²) in [5.74, 6) is 0. The van der Waals surface area contributed by atoms with Crippen LogP contribution in [0, 0.1) is 6.92 Å². The van der Waals surface area contributed by atoms with Crippen LogP contribution in [0.3, 0.4) is 0 Å². The summed E-state index contributed by atoms with van der Waals surface area (Å²) in [6, 6.07) is 13.0. The number of aryl methyl sites for hydroxylation is 1. The first-order valence-electron chi connectivity index (χ1n) is 7.16. The van der Waals surface area contributed by atoms with Gasteiger partial charge in [0.25, 0.3) is 0 Å². The summed E-state index contributed by atoms with van der Waals surface area (Å²) in [6.07, 6.45) is -4.43. The molecular weight excluding hydrogens is 301 g/mol. The van der Waals surface area contributed by atoms with E-state index in [4.69, 9.17) is 0 Å². The Hall–Kier alpha value is -2.56. The zero-order chi connectivity index (χ0) is 16.6. The van der Waals surface area contributed by atoms with Crippen molar-refractivity contribution in [1.29, 1.82) is 0 Å². The van der Waals surface area contributed by atoms with Crippen LogP contribution in [0.15, 0.2) is 48.5 Å². The predicted octanol–water partition coefficient (Wildman–Crippen LogP) is 5.27. The Morgan fingerprint density at radius 1 is 1.00 bits per heavy atom. The number of hydrogen-bond donors (Lipinski definition) is 1. The maximum atomic E-state index is 13.3. The maximum Gasteiger partial charge on any atom is 0.417 e. The molecule has 1 aromatic heterocycles. The summed E-state index contributed by atoms with van der Waals surface area (Å²) < 4.78 is 39.9. The molecule has 0 saturated carbocycles. The molecule has 0 unspecified atom stereocenters. The first kappa shape index (κ1) is 15.3. The van der Waals surface area contributed by atoms with Gasteiger partial charge in [0.2, 0.25) is 0 Å². The molecule has 118 valence electrons. The van der Waals surface area contributed by atoms with Crippen molar-refractivity contribution in [2.75, 3.05) is 12.4 Å². The fourth-order valence-electron chi connectivity index (χ4n) is 2.68. The smallest absolute Gasteiger partial charge is 0.386 e. The Morgan fingerprint density at radius 3 is 2.43 bits per heavy atom. The van der Waals surface area contributed by atoms with Crippen LogP contribution >= 0.6 is 0 Å². The molecule has 1 heterocycles. The fourth-order valence-corrected chi connectivity index (χ4v) is 2.68. The van der Waals surface area contributed by atoms with Crippen LogP contribution in [0.2, 0.25) is 0 Å². The van der Waals surface area contributed by atoms with Gasteiger partial charge in [0.15, 0.2) is 0 Å². The zero-order valence-electron chi connectivity index (χ0n) is 12.7. The van der Waals surface area contributed by atoms with Crippen molar-refractivity contribution < 1.29 is 13.2 Å². The van der Waals surface area contributed by atoms with Crippen LogP contribution in [-0.2, 0) is 6.18 Å². The SMILES string of the molecule is CNc1cc2cccc(C)c2nc1-c1ccccc1C(F)(F)F. The highest BCUT2D eigenvalue weighted by atomic mass is 19.4. The van der Waals surface area contributed by atoms with E-state index in [1.807, 2.05) is 31.2 Å². The van der Waals surface area contributed by atoms with Crippen LogP contribution < -0.4 is 5.32 Å². The van der Waals surface area contributed by atoms with E-state index in [2.05, 4.69) is 10.3 Å². The number of rotatable bonds is 2. The van der Waals surface area contributed by atoms with Crippen LogP contribution in [0.4, 0.5) is 18.9 Å². The lowest BCUT2D eigenvalue weighted by Gasteiger charge is -2.16. The molecule has 0 radical (unpaired) electrons. The largest absolute Gasteiger partial charge is 0.417 e. The van der Waals surface area contributed by atoms with Gasteiger partial charge in [0.1, 0.15) is 0 Å². The summed E-state index contributed by atoms with van der Waals surface area (Å²) in [5, 5.41) is 3.85. The van der Waals surface area contributed by atoms with Crippen molar-refractivity contribution in [3.05, 3.63) is 59.7 Å². The van der Waals surface area contributed by atoms with E-state index in [1.165, 1.54) is 12.1 Å². The van der Waals surface area contributed by atoms with Crippen LogP contribution in [0.25, 0.3) is 22.2 Å². The van der Waals surface area contributed by atoms with E-state index in [9.17, 15) is 13.2 Å². The van der Waals surface area contributed by atoms with Gasteiger partial charge in [-0.1, -0.05) is 36.4 Å². The second kappa shape index (κ2) is 5.57. The van der Waals surface area contributed by atoms with Gasteiger partial charge >= 0.3 is 6.18 Å². The molecule has 0 amide bonds. The van der Waals surface area contributed by atoms with E-state index in [-0.39, 0.29) is 5.56 Å². The molecule has 2 aromatic carbocycles. The minimum atomic E-state index is -4.43. The number of pyridine rings is 1. The molecule has 0 saturated heterocycles. The van der Waals surface area contributed by atoms with Gasteiger partial charge in [-0.25, -0.2) is 4.98 Å². The lowest BCUT2D eigenvalue weighted by molar-refractivity contribution is -0.137. The zero-order valence-corrected chi connectivity index (χ0v) is 12.7. The molecule has 3 rings (SSSR count). The lowest BCUT2D eigenvalue weighted by Crippen LogP contribution is -2.08. The van der Waals surface area contributed by atoms with Crippen molar-refractivity contribution in [1.82, 2.24) is 4.98 Å². The average molecular weight is 316 g/mol. The lowest BCUT2D eigenvalue weighted by atomic mass is 10.0. The first-order chi connectivity index (χ1) is 10.9. The normalized spacial score (nSPS) is 11.7. The Labute approximate surface area is 132 Å². The number of para-hydroxylation sites is 1. The van der Waals surface area contributed by atoms with Crippen molar-refractivity contribution in [2.45, 2.75) is 13.1 Å². The van der Waals surface area contributed by atoms with E-state index < -0.39 is 11.7 Å². The summed E-state index contributed by atoms with van der Waals surface area (Å²) in [5.41, 5.74) is 1.91. The van der Waals surface area contributed by atoms with Crippen molar-refractivity contribution in [3.8, 4) is 11.3 Å². The van der Waals surface area contributed by atoms with Gasteiger partial charge in [0, 0.05) is 18.0 Å². The summed E-state index contributed by atoms with van der Waals surface area (Å²) >= 11 is 0. The Kier molecular flexibility index (Phi) is 3.72. The van der Waals surface area contributed by atoms with Crippen LogP contribution in [0.5, 0.6) is 0 Å². The number of anilines is 1. The van der Waals surface area contributed by atoms with Gasteiger partial charge in [-0.15, -0.1) is 0 Å². The number of alkyl halides is 3. The standard InChI is InChI=1S/C18H15F3N2/c1-11-6-5-7-12-10-15(22-2)17(23-16(11)12)13-8-3-4-9-14(13)18(19,20)21/h3-10,22H,1-2H3. The highest BCUT2D eigenvalue weighted by molar-refractivity contribution is 5.91. The Morgan fingerprint density at radius 2 is 1.74 bits per heavy atom. The van der Waals surface area contributed by atoms with Gasteiger partial charge in [-0.2, -0.15) is 13.2 Å². The van der Waals surface area contributed by atoms with Gasteiger partial charge < -0.3 is 5.32 Å². The maximum absolute atomic E-state index is 13.3. The quantitative estimate of drug-likeness (QED) is 0.696. The molecule has 3 aromatic rings. The number of fused-ring (bicyclic) bond motifs is 1.